The summed E-state index contributed by atoms with van der Waals surface area (Å²) in [5.74, 6) is -1.58. The second kappa shape index (κ2) is 19.1. The Hall–Kier alpha value is -5.61. The number of aromatic nitrogens is 4. The molecule has 4 N–H and O–H groups in total. The van der Waals surface area contributed by atoms with Crippen LogP contribution >= 0.6 is 31.9 Å². The number of carboxylic acids is 1. The van der Waals surface area contributed by atoms with Crippen LogP contribution in [0.1, 0.15) is 63.9 Å². The molecule has 0 aliphatic heterocycles. The van der Waals surface area contributed by atoms with Gasteiger partial charge in [0.05, 0.1) is 19.6 Å². The first-order valence-electron chi connectivity index (χ1n) is 17.0. The zero-order chi connectivity index (χ0) is 41.8. The van der Waals surface area contributed by atoms with Crippen molar-refractivity contribution < 1.29 is 39.5 Å². The number of carboxylic acid groups (broad SMARTS) is 1. The topological polar surface area (TPSA) is 181 Å². The number of fused-ring (bicyclic) bond motifs is 2. The van der Waals surface area contributed by atoms with Crippen LogP contribution < -0.4 is 11.1 Å². The van der Waals surface area contributed by atoms with Crippen LogP contribution in [0.3, 0.4) is 0 Å². The Kier molecular flexibility index (Phi) is 14.6. The summed E-state index contributed by atoms with van der Waals surface area (Å²) in [6, 6.07) is 28.4. The van der Waals surface area contributed by atoms with Crippen molar-refractivity contribution in [1.82, 2.24) is 19.6 Å². The number of amides is 1. The number of anilines is 2. The van der Waals surface area contributed by atoms with Gasteiger partial charge < -0.3 is 25.6 Å². The highest BCUT2D eigenvalue weighted by atomic mass is 79.9. The monoisotopic (exact) mass is 883 g/mol. The molecule has 0 unspecified atom stereocenters. The molecule has 0 radical (unpaired) electrons. The molecule has 0 aliphatic carbocycles. The van der Waals surface area contributed by atoms with Gasteiger partial charge in [0, 0.05) is 31.1 Å². The highest BCUT2D eigenvalue weighted by molar-refractivity contribution is 9.10. The molecule has 0 saturated heterocycles. The summed E-state index contributed by atoms with van der Waals surface area (Å²) >= 11 is 6.64. The van der Waals surface area contributed by atoms with E-state index < -0.39 is 42.4 Å². The fourth-order valence-corrected chi connectivity index (χ4v) is 5.06. The first kappa shape index (κ1) is 42.1. The first-order chi connectivity index (χ1) is 26.2. The molecule has 13 nitrogen and oxygen atoms in total. The van der Waals surface area contributed by atoms with Crippen molar-refractivity contribution in [2.24, 2.45) is 0 Å². The summed E-state index contributed by atoms with van der Waals surface area (Å²) in [5, 5.41) is 20.9. The molecule has 4 aromatic carbocycles. The minimum absolute atomic E-state index is 0.161. The third-order valence-corrected chi connectivity index (χ3v) is 7.75. The number of ether oxygens (including phenoxy) is 2. The largest absolute Gasteiger partial charge is 0.476 e. The van der Waals surface area contributed by atoms with Crippen LogP contribution in [0.4, 0.5) is 25.4 Å². The smallest absolute Gasteiger partial charge is 0.435 e. The van der Waals surface area contributed by atoms with Gasteiger partial charge in [0.1, 0.15) is 11.2 Å². The average Bonchev–Trinajstić information content (AvgIpc) is 3.70. The molecule has 0 fully saturated rings. The molecule has 2 aromatic heterocycles. The molecular weight excluding hydrogens is 843 g/mol. The summed E-state index contributed by atoms with van der Waals surface area (Å²) < 4.78 is 30.1. The molecule has 1 amide bonds. The zero-order valence-electron chi connectivity index (χ0n) is 31.8. The van der Waals surface area contributed by atoms with Crippen molar-refractivity contribution in [3.8, 4) is 0 Å². The van der Waals surface area contributed by atoms with Crippen molar-refractivity contribution in [2.45, 2.75) is 52.7 Å². The van der Waals surface area contributed by atoms with Crippen LogP contribution in [0.25, 0.3) is 21.8 Å². The summed E-state index contributed by atoms with van der Waals surface area (Å²) in [6.45, 7) is 10.5. The number of nitrogens with one attached hydrogen (secondary N) is 1. The van der Waals surface area contributed by atoms with Gasteiger partial charge in [0.15, 0.2) is 11.4 Å². The number of benzene rings is 4. The molecule has 16 heteroatoms. The Labute approximate surface area is 335 Å². The third-order valence-electron chi connectivity index (χ3n) is 6.70. The summed E-state index contributed by atoms with van der Waals surface area (Å²) in [7, 11) is -1.00. The number of nitrogen functional groups attached to an aromatic ring is 1. The van der Waals surface area contributed by atoms with Gasteiger partial charge in [-0.25, -0.2) is 14.4 Å². The Morgan fingerprint density at radius 1 is 0.709 bits per heavy atom. The Morgan fingerprint density at radius 2 is 1.09 bits per heavy atom. The number of rotatable bonds is 3. The normalized spacial score (nSPS) is 11.0. The summed E-state index contributed by atoms with van der Waals surface area (Å²) in [5.41, 5.74) is 6.43. The molecule has 2 heterocycles. The van der Waals surface area contributed by atoms with Crippen LogP contribution in [0.5, 0.6) is 0 Å². The fraction of sp³-hybridized carbons (Fsp3) is 0.231. The quantitative estimate of drug-likeness (QED) is 0.145. The van der Waals surface area contributed by atoms with Crippen LogP contribution in [0.2, 0.25) is 0 Å². The number of para-hydroxylation sites is 2. The number of hydrogen-bond donors (Lipinski definition) is 3. The molecule has 0 saturated carbocycles. The zero-order valence-corrected chi connectivity index (χ0v) is 34.0. The minimum atomic E-state index is -1.18. The molecule has 0 atom stereocenters. The van der Waals surface area contributed by atoms with E-state index in [-0.39, 0.29) is 11.4 Å². The molecular formula is C39H41Br2FN6O7. The molecule has 55 heavy (non-hydrogen) atoms. The number of carbonyl (C=O) groups excluding carboxylic acids is 3. The predicted octanol–water partition coefficient (Wildman–Crippen LogP) is 9.97. The van der Waals surface area contributed by atoms with E-state index in [0.717, 1.165) is 24.0 Å². The molecule has 290 valence electrons. The molecule has 0 aliphatic rings. The fourth-order valence-electron chi connectivity index (χ4n) is 4.53. The van der Waals surface area contributed by atoms with E-state index in [1.165, 1.54) is 0 Å². The second-order valence-electron chi connectivity index (χ2n) is 13.3. The number of alkyl halides is 1. The van der Waals surface area contributed by atoms with Gasteiger partial charge in [-0.15, -0.1) is 0 Å². The van der Waals surface area contributed by atoms with E-state index in [2.05, 4.69) is 47.4 Å². The van der Waals surface area contributed by atoms with Crippen molar-refractivity contribution in [2.75, 3.05) is 18.2 Å². The van der Waals surface area contributed by atoms with Crippen molar-refractivity contribution >= 4 is 89.1 Å². The number of nitrogens with two attached hydrogens (primary N) is 1. The van der Waals surface area contributed by atoms with Crippen LogP contribution in [0.15, 0.2) is 106 Å². The van der Waals surface area contributed by atoms with E-state index in [1.807, 2.05) is 36.4 Å². The molecule has 6 aromatic rings. The van der Waals surface area contributed by atoms with Gasteiger partial charge in [0.2, 0.25) is 0 Å². The predicted molar refractivity (Wildman–Crippen MR) is 217 cm³/mol. The standard InChI is InChI=1S/C19H18BrN3O3.C13H14N2O4.C6H6BrN.CH3F/c1-19(2,3)26-18(25)23-15-7-5-4-6-14(15)16(22-23)17(24)21-13-10-8-12(20)9-11-13;1-13(2,3)19-12(18)15-9-7-5-4-6-8(9)10(14-15)11(16)17;7-5-1-3-6(8)4-2-5;1-2/h4-11H,1-3H3,(H,21,24);4-7H,1-3H3,(H,16,17);1-4H,8H2;1H3/i;;;1D. The highest BCUT2D eigenvalue weighted by Gasteiger charge is 2.25. The van der Waals surface area contributed by atoms with Crippen LogP contribution in [-0.4, -0.2) is 67.1 Å². The Balaban J connectivity index is 0.000000243. The maximum atomic E-state index is 12.7. The van der Waals surface area contributed by atoms with E-state index >= 15 is 0 Å². The van der Waals surface area contributed by atoms with Crippen LogP contribution in [-0.2, 0) is 9.47 Å². The summed E-state index contributed by atoms with van der Waals surface area (Å²) in [4.78, 5) is 48.2. The van der Waals surface area contributed by atoms with Gasteiger partial charge in [0.25, 0.3) is 5.91 Å². The van der Waals surface area contributed by atoms with Crippen molar-refractivity contribution in [3.63, 3.8) is 0 Å². The van der Waals surface area contributed by atoms with Crippen molar-refractivity contribution in [3.05, 3.63) is 117 Å². The highest BCUT2D eigenvalue weighted by Crippen LogP contribution is 2.23. The second-order valence-corrected chi connectivity index (χ2v) is 15.2. The lowest BCUT2D eigenvalue weighted by Gasteiger charge is -2.19. The molecule has 0 bridgehead atoms. The van der Waals surface area contributed by atoms with Crippen molar-refractivity contribution in [1.29, 1.82) is 0 Å². The lowest BCUT2D eigenvalue weighted by molar-refractivity contribution is 0.0509. The van der Waals surface area contributed by atoms with Crippen LogP contribution in [0, 0.1) is 0 Å². The Morgan fingerprint density at radius 3 is 1.49 bits per heavy atom. The van der Waals surface area contributed by atoms with E-state index in [9.17, 15) is 23.6 Å². The van der Waals surface area contributed by atoms with Gasteiger partial charge in [-0.1, -0.05) is 68.3 Å². The van der Waals surface area contributed by atoms with Gasteiger partial charge >= 0.3 is 18.2 Å². The number of nitrogens with zero attached hydrogens (tertiary/aromatic N) is 4. The maximum Gasteiger partial charge on any atom is 0.435 e. The number of halogens is 3. The summed E-state index contributed by atoms with van der Waals surface area (Å²) in [6.07, 6.45) is -1.33. The average molecular weight is 886 g/mol. The van der Waals surface area contributed by atoms with Gasteiger partial charge in [-0.05, 0) is 102 Å². The number of carbonyl (C=O) groups is 4. The third kappa shape index (κ3) is 12.7. The van der Waals surface area contributed by atoms with E-state index in [4.69, 9.17) is 21.7 Å². The minimum Gasteiger partial charge on any atom is -0.476 e. The Bertz CT molecular complexity index is 2260. The maximum absolute atomic E-state index is 12.7. The van der Waals surface area contributed by atoms with E-state index in [0.29, 0.717) is 27.5 Å². The van der Waals surface area contributed by atoms with E-state index in [1.54, 1.807) is 102 Å². The number of aromatic carboxylic acids is 1. The number of hydrogen-bond acceptors (Lipinski definition) is 9. The SMILES string of the molecule is CC(C)(C)OC(=O)n1nc(C(=O)Nc2ccc(Br)cc2)c2ccccc21.CC(C)(C)OC(=O)n1nc(C(=O)O)c2ccccc21.Nc1ccc(Br)cc1.[2H]CF. The molecule has 6 rings (SSSR count). The lowest BCUT2D eigenvalue weighted by Crippen LogP contribution is -2.28. The van der Waals surface area contributed by atoms with Gasteiger partial charge in [-0.2, -0.15) is 19.6 Å². The lowest BCUT2D eigenvalue weighted by atomic mass is 10.2. The molecule has 0 spiro atoms. The van der Waals surface area contributed by atoms with Gasteiger partial charge in [-0.3, -0.25) is 9.18 Å². The first-order valence-corrected chi connectivity index (χ1v) is 17.9.